The molecule has 0 rings (SSSR count). The van der Waals surface area contributed by atoms with Gasteiger partial charge in [0, 0.05) is 25.1 Å². The van der Waals surface area contributed by atoms with Gasteiger partial charge >= 0.3 is 18.1 Å². The Kier molecular flexibility index (Phi) is 18.8. The molecule has 0 aliphatic heterocycles. The van der Waals surface area contributed by atoms with E-state index >= 15 is 0 Å². The minimum Gasteiger partial charge on any atom is -0.480 e. The summed E-state index contributed by atoms with van der Waals surface area (Å²) < 4.78 is 0. The highest BCUT2D eigenvalue weighted by atomic mass is 32.2. The maximum atomic E-state index is 12.6. The van der Waals surface area contributed by atoms with Crippen molar-refractivity contribution in [2.45, 2.75) is 56.3 Å². The van der Waals surface area contributed by atoms with E-state index in [9.17, 15) is 49.5 Å². The van der Waals surface area contributed by atoms with Crippen LogP contribution in [0.25, 0.3) is 0 Å². The largest absolute Gasteiger partial charge is 0.480 e. The van der Waals surface area contributed by atoms with Crippen LogP contribution in [0.2, 0.25) is 0 Å². The van der Waals surface area contributed by atoms with Crippen LogP contribution in [-0.4, -0.2) is 128 Å². The van der Waals surface area contributed by atoms with Gasteiger partial charge in [0.05, 0.1) is 18.1 Å². The normalized spacial score (nSPS) is 16.2. The van der Waals surface area contributed by atoms with Crippen LogP contribution in [0.1, 0.15) is 19.8 Å². The minimum absolute atomic E-state index is 0.0510. The third-order valence-corrected chi connectivity index (χ3v) is 5.61. The second kappa shape index (κ2) is 19.2. The van der Waals surface area contributed by atoms with E-state index in [-0.39, 0.29) is 18.3 Å². The lowest BCUT2D eigenvalue weighted by Crippen LogP contribution is -2.51. The van der Waals surface area contributed by atoms with Crippen molar-refractivity contribution in [1.29, 1.82) is 0 Å². The quantitative estimate of drug-likeness (QED) is 0.0818. The Labute approximate surface area is 215 Å². The molecule has 0 saturated carbocycles. The molecular formula is C20H33N3O13S. The Hall–Kier alpha value is -2.92. The number of nitrogens with one attached hydrogen (secondary N) is 3. The van der Waals surface area contributed by atoms with Crippen LogP contribution in [-0.2, 0) is 33.6 Å². The maximum absolute atomic E-state index is 12.6. The Bertz CT molecular complexity index is 806. The fourth-order valence-electron chi connectivity index (χ4n) is 2.66. The Morgan fingerprint density at radius 2 is 1.46 bits per heavy atom. The van der Waals surface area contributed by atoms with E-state index in [0.717, 1.165) is 0 Å². The molecule has 0 aliphatic rings. The van der Waals surface area contributed by atoms with E-state index < -0.39 is 84.9 Å². The van der Waals surface area contributed by atoms with E-state index in [0.29, 0.717) is 0 Å². The first kappa shape index (κ1) is 36.2. The van der Waals surface area contributed by atoms with Gasteiger partial charge in [-0.15, -0.1) is 0 Å². The first-order chi connectivity index (χ1) is 17.2. The number of carboxylic acid groups (broad SMARTS) is 2. The van der Waals surface area contributed by atoms with Gasteiger partial charge in [-0.05, 0) is 20.2 Å². The second-order valence-electron chi connectivity index (χ2n) is 7.66. The number of carbonyl (C=O) groups is 5. The van der Waals surface area contributed by atoms with Crippen molar-refractivity contribution >= 4 is 47.4 Å². The summed E-state index contributed by atoms with van der Waals surface area (Å²) >= 11 is 1.17. The molecule has 0 radical (unpaired) electrons. The lowest BCUT2D eigenvalue weighted by molar-refractivity contribution is -0.191. The number of carboxylic acids is 2. The molecule has 2 amide bonds. The average molecular weight is 556 g/mol. The molecule has 0 aliphatic carbocycles. The SMILES string of the molecule is CN[C@@H](C)C(=O)C[C@H](CC(=O)NC[C@H](O)[C@@H](O)[C@H](O)[C@H](O)C(=O)O)C(=O)N[C@@H](CSC)C(=O)O.O=C=O. The number of likely N-dealkylation sites (N-methyl/N-ethyl adjacent to an activating group) is 1. The third-order valence-electron chi connectivity index (χ3n) is 4.94. The summed E-state index contributed by atoms with van der Waals surface area (Å²) in [5.74, 6) is -6.41. The molecule has 0 unspecified atom stereocenters. The number of aliphatic hydroxyl groups is 4. The van der Waals surface area contributed by atoms with Gasteiger partial charge in [0.2, 0.25) is 11.8 Å². The summed E-state index contributed by atoms with van der Waals surface area (Å²) in [6.07, 6.45) is -7.68. The van der Waals surface area contributed by atoms with Gasteiger partial charge in [-0.25, -0.2) is 9.59 Å². The topological polar surface area (TPSA) is 277 Å². The predicted octanol–water partition coefficient (Wildman–Crippen LogP) is -4.45. The molecule has 0 bridgehead atoms. The fourth-order valence-corrected chi connectivity index (χ4v) is 3.22. The van der Waals surface area contributed by atoms with Crippen LogP contribution in [0.5, 0.6) is 0 Å². The number of rotatable bonds is 17. The van der Waals surface area contributed by atoms with E-state index in [4.69, 9.17) is 14.7 Å². The molecule has 0 fully saturated rings. The van der Waals surface area contributed by atoms with Crippen LogP contribution >= 0.6 is 11.8 Å². The number of hydrogen-bond donors (Lipinski definition) is 9. The van der Waals surface area contributed by atoms with Crippen molar-refractivity contribution in [2.24, 2.45) is 5.92 Å². The van der Waals surface area contributed by atoms with Crippen LogP contribution in [0.3, 0.4) is 0 Å². The monoisotopic (exact) mass is 555 g/mol. The summed E-state index contributed by atoms with van der Waals surface area (Å²) in [5.41, 5.74) is 0. The van der Waals surface area contributed by atoms with Gasteiger partial charge in [0.25, 0.3) is 0 Å². The molecule has 37 heavy (non-hydrogen) atoms. The Balaban J connectivity index is 0. The summed E-state index contributed by atoms with van der Waals surface area (Å²) in [6.45, 7) is 0.864. The highest BCUT2D eigenvalue weighted by Gasteiger charge is 2.35. The molecule has 16 nitrogen and oxygen atoms in total. The maximum Gasteiger partial charge on any atom is 0.373 e. The van der Waals surface area contributed by atoms with Crippen molar-refractivity contribution in [3.63, 3.8) is 0 Å². The second-order valence-corrected chi connectivity index (χ2v) is 8.57. The fraction of sp³-hybridized carbons (Fsp3) is 0.700. The number of hydrogen-bond acceptors (Lipinski definition) is 13. The van der Waals surface area contributed by atoms with Crippen LogP contribution < -0.4 is 16.0 Å². The van der Waals surface area contributed by atoms with E-state index in [1.54, 1.807) is 13.2 Å². The first-order valence-corrected chi connectivity index (χ1v) is 12.0. The molecule has 0 aromatic rings. The molecule has 17 heteroatoms. The molecule has 9 N–H and O–H groups in total. The predicted molar refractivity (Wildman–Crippen MR) is 124 cm³/mol. The number of Topliss-reactive ketones (excluding diaryl/α,β-unsaturated/α-hetero) is 1. The van der Waals surface area contributed by atoms with Crippen molar-refractivity contribution in [3.05, 3.63) is 0 Å². The molecule has 0 spiro atoms. The third kappa shape index (κ3) is 14.4. The Morgan fingerprint density at radius 3 is 1.89 bits per heavy atom. The van der Waals surface area contributed by atoms with Gasteiger partial charge in [-0.3, -0.25) is 14.4 Å². The van der Waals surface area contributed by atoms with Crippen LogP contribution in [0, 0.1) is 5.92 Å². The zero-order chi connectivity index (χ0) is 29.3. The van der Waals surface area contributed by atoms with Crippen molar-refractivity contribution in [3.8, 4) is 0 Å². The number of aliphatic carboxylic acids is 2. The average Bonchev–Trinajstić information content (AvgIpc) is 2.84. The van der Waals surface area contributed by atoms with Crippen molar-refractivity contribution in [1.82, 2.24) is 16.0 Å². The number of thioether (sulfide) groups is 1. The van der Waals surface area contributed by atoms with E-state index in [2.05, 4.69) is 16.0 Å². The highest BCUT2D eigenvalue weighted by Crippen LogP contribution is 2.13. The number of ketones is 1. The zero-order valence-corrected chi connectivity index (χ0v) is 21.1. The number of carbonyl (C=O) groups excluding carboxylic acids is 5. The van der Waals surface area contributed by atoms with Gasteiger partial charge in [0.15, 0.2) is 6.10 Å². The molecule has 0 aromatic heterocycles. The standard InChI is InChI=1S/C19H33N3O11S.CO2/c1-8(20-2)11(23)4-9(17(29)22-10(7-34-3)18(30)31)5-13(25)21-6-12(24)14(26)15(27)16(28)19(32)33;2-1-3/h8-10,12,14-16,20,24,26-28H,4-7H2,1-3H3,(H,21,25)(H,22,29)(H,30,31)(H,32,33);/t8-,9+,10-,12-,14+,15-,16-;/m0./s1. The van der Waals surface area contributed by atoms with Gasteiger partial charge in [-0.1, -0.05) is 0 Å². The van der Waals surface area contributed by atoms with Crippen molar-refractivity contribution < 1.29 is 64.2 Å². The molecule has 0 saturated heterocycles. The summed E-state index contributed by atoms with van der Waals surface area (Å²) in [4.78, 5) is 75.5. The summed E-state index contributed by atoms with van der Waals surface area (Å²) in [6, 6.07) is -1.89. The molecular weight excluding hydrogens is 522 g/mol. The molecule has 7 atom stereocenters. The zero-order valence-electron chi connectivity index (χ0n) is 20.3. The summed E-state index contributed by atoms with van der Waals surface area (Å²) in [7, 11) is 1.52. The first-order valence-electron chi connectivity index (χ1n) is 10.6. The smallest absolute Gasteiger partial charge is 0.373 e. The van der Waals surface area contributed by atoms with Gasteiger partial charge < -0.3 is 46.6 Å². The van der Waals surface area contributed by atoms with Gasteiger partial charge in [0.1, 0.15) is 24.0 Å². The van der Waals surface area contributed by atoms with Crippen LogP contribution in [0.4, 0.5) is 0 Å². The summed E-state index contributed by atoms with van der Waals surface area (Å²) in [5, 5.41) is 63.4. The van der Waals surface area contributed by atoms with Gasteiger partial charge in [-0.2, -0.15) is 21.4 Å². The molecule has 0 aromatic carbocycles. The van der Waals surface area contributed by atoms with E-state index in [1.807, 2.05) is 0 Å². The number of aliphatic hydroxyl groups excluding tert-OH is 4. The van der Waals surface area contributed by atoms with Crippen molar-refractivity contribution in [2.75, 3.05) is 25.6 Å². The molecule has 0 heterocycles. The van der Waals surface area contributed by atoms with E-state index in [1.165, 1.54) is 18.8 Å². The number of amides is 2. The highest BCUT2D eigenvalue weighted by molar-refractivity contribution is 7.98. The lowest BCUT2D eigenvalue weighted by atomic mass is 9.94. The molecule has 212 valence electrons. The Morgan fingerprint density at radius 1 is 0.919 bits per heavy atom. The van der Waals surface area contributed by atoms with Crippen LogP contribution in [0.15, 0.2) is 0 Å². The minimum atomic E-state index is -2.38. The lowest BCUT2D eigenvalue weighted by Gasteiger charge is -2.25.